The maximum absolute atomic E-state index is 12.4. The van der Waals surface area contributed by atoms with Gasteiger partial charge in [0.25, 0.3) is 0 Å². The van der Waals surface area contributed by atoms with Crippen LogP contribution in [0.25, 0.3) is 32.3 Å². The molecule has 1 aliphatic rings. The number of Topliss-reactive ketones (excluding diaryl/α,β-unsaturated/α-hetero) is 1. The summed E-state index contributed by atoms with van der Waals surface area (Å²) in [5, 5.41) is 7.19. The zero-order valence-electron chi connectivity index (χ0n) is 11.4. The third kappa shape index (κ3) is 1.33. The molecule has 0 bridgehead atoms. The maximum atomic E-state index is 12.4. The third-order valence-corrected chi connectivity index (χ3v) is 4.61. The molecule has 1 aliphatic carbocycles. The van der Waals surface area contributed by atoms with Crippen LogP contribution in [0.3, 0.4) is 0 Å². The smallest absolute Gasteiger partial charge is 0.167 e. The Labute approximate surface area is 121 Å². The Balaban J connectivity index is 2.16. The average molecular weight is 268 g/mol. The third-order valence-electron chi connectivity index (χ3n) is 4.61. The molecule has 0 atom stereocenters. The second-order valence-electron chi connectivity index (χ2n) is 5.74. The summed E-state index contributed by atoms with van der Waals surface area (Å²) in [7, 11) is 0. The van der Waals surface area contributed by atoms with Crippen LogP contribution in [-0.4, -0.2) is 5.78 Å². The van der Waals surface area contributed by atoms with Crippen molar-refractivity contribution in [3.8, 4) is 0 Å². The summed E-state index contributed by atoms with van der Waals surface area (Å²) < 4.78 is 0. The number of carbonyl (C=O) groups is 1. The Morgan fingerprint density at radius 2 is 1.38 bits per heavy atom. The Bertz CT molecular complexity index is 1070. The fourth-order valence-electron chi connectivity index (χ4n) is 3.70. The lowest BCUT2D eigenvalue weighted by molar-refractivity contribution is 0.1000. The van der Waals surface area contributed by atoms with Gasteiger partial charge >= 0.3 is 0 Å². The fourth-order valence-corrected chi connectivity index (χ4v) is 3.70. The maximum Gasteiger partial charge on any atom is 0.167 e. The van der Waals surface area contributed by atoms with Crippen molar-refractivity contribution in [3.05, 3.63) is 71.8 Å². The van der Waals surface area contributed by atoms with Crippen LogP contribution in [0.1, 0.15) is 15.9 Å². The molecule has 4 aromatic rings. The van der Waals surface area contributed by atoms with Crippen molar-refractivity contribution in [3.63, 3.8) is 0 Å². The minimum Gasteiger partial charge on any atom is -0.294 e. The van der Waals surface area contributed by atoms with E-state index < -0.39 is 0 Å². The fraction of sp³-hybridized carbons (Fsp3) is 0.0500. The number of benzene rings is 4. The molecule has 0 fully saturated rings. The first-order valence-electron chi connectivity index (χ1n) is 7.22. The van der Waals surface area contributed by atoms with E-state index in [1.807, 2.05) is 12.1 Å². The van der Waals surface area contributed by atoms with Gasteiger partial charge in [-0.1, -0.05) is 48.5 Å². The second kappa shape index (κ2) is 3.70. The lowest BCUT2D eigenvalue weighted by Gasteiger charge is -2.09. The van der Waals surface area contributed by atoms with Gasteiger partial charge in [0.1, 0.15) is 0 Å². The van der Waals surface area contributed by atoms with Crippen molar-refractivity contribution in [2.75, 3.05) is 0 Å². The van der Waals surface area contributed by atoms with Gasteiger partial charge in [0, 0.05) is 12.0 Å². The molecule has 98 valence electrons. The average Bonchev–Trinajstić information content (AvgIpc) is 2.86. The van der Waals surface area contributed by atoms with Crippen molar-refractivity contribution >= 4 is 38.1 Å². The lowest BCUT2D eigenvalue weighted by Crippen LogP contribution is -1.93. The summed E-state index contributed by atoms with van der Waals surface area (Å²) in [4.78, 5) is 12.4. The van der Waals surface area contributed by atoms with Gasteiger partial charge in [-0.25, -0.2) is 0 Å². The highest BCUT2D eigenvalue weighted by Gasteiger charge is 2.25. The number of hydrogen-bond acceptors (Lipinski definition) is 1. The highest BCUT2D eigenvalue weighted by molar-refractivity contribution is 6.26. The summed E-state index contributed by atoms with van der Waals surface area (Å²) in [6.07, 6.45) is 0.531. The number of fused-ring (bicyclic) bond motifs is 4. The highest BCUT2D eigenvalue weighted by Crippen LogP contribution is 2.40. The zero-order valence-corrected chi connectivity index (χ0v) is 11.4. The Morgan fingerprint density at radius 3 is 2.19 bits per heavy atom. The van der Waals surface area contributed by atoms with Gasteiger partial charge in [0.05, 0.1) is 0 Å². The van der Waals surface area contributed by atoms with Crippen molar-refractivity contribution in [1.29, 1.82) is 0 Å². The summed E-state index contributed by atoms with van der Waals surface area (Å²) in [6.45, 7) is 0. The molecule has 0 unspecified atom stereocenters. The predicted molar refractivity (Wildman–Crippen MR) is 87.0 cm³/mol. The molecule has 21 heavy (non-hydrogen) atoms. The number of carbonyl (C=O) groups excluding carboxylic acids is 1. The van der Waals surface area contributed by atoms with Gasteiger partial charge in [0.15, 0.2) is 5.78 Å². The molecule has 4 aromatic carbocycles. The zero-order chi connectivity index (χ0) is 14.0. The van der Waals surface area contributed by atoms with E-state index in [0.29, 0.717) is 6.42 Å². The standard InChI is InChI=1S/C20H12O/c21-19-11-17-15-8-4-1-5-12(15)9-16-14-7-3-2-6-13(14)10-18(19)20(16)17/h1-10H,11H2. The first kappa shape index (κ1) is 11.0. The van der Waals surface area contributed by atoms with Crippen molar-refractivity contribution in [1.82, 2.24) is 0 Å². The van der Waals surface area contributed by atoms with Crippen LogP contribution in [-0.2, 0) is 6.42 Å². The van der Waals surface area contributed by atoms with Crippen LogP contribution in [0.15, 0.2) is 60.7 Å². The van der Waals surface area contributed by atoms with E-state index >= 15 is 0 Å². The van der Waals surface area contributed by atoms with Gasteiger partial charge in [-0.15, -0.1) is 0 Å². The van der Waals surface area contributed by atoms with Gasteiger partial charge in [-0.3, -0.25) is 4.79 Å². The van der Waals surface area contributed by atoms with Crippen LogP contribution >= 0.6 is 0 Å². The lowest BCUT2D eigenvalue weighted by atomic mass is 9.94. The molecule has 1 nitrogen and oxygen atoms in total. The van der Waals surface area contributed by atoms with Crippen LogP contribution < -0.4 is 0 Å². The molecule has 0 N–H and O–H groups in total. The highest BCUT2D eigenvalue weighted by atomic mass is 16.1. The molecule has 0 radical (unpaired) electrons. The molecule has 5 rings (SSSR count). The van der Waals surface area contributed by atoms with Crippen LogP contribution in [0.2, 0.25) is 0 Å². The minimum absolute atomic E-state index is 0.247. The summed E-state index contributed by atoms with van der Waals surface area (Å²) in [5.74, 6) is 0.247. The quantitative estimate of drug-likeness (QED) is 0.328. The largest absolute Gasteiger partial charge is 0.294 e. The molecule has 0 spiro atoms. The number of rotatable bonds is 0. The monoisotopic (exact) mass is 268 g/mol. The Morgan fingerprint density at radius 1 is 0.714 bits per heavy atom. The van der Waals surface area contributed by atoms with Crippen molar-refractivity contribution in [2.24, 2.45) is 0 Å². The van der Waals surface area contributed by atoms with E-state index in [0.717, 1.165) is 16.3 Å². The van der Waals surface area contributed by atoms with Crippen molar-refractivity contribution in [2.45, 2.75) is 6.42 Å². The van der Waals surface area contributed by atoms with E-state index in [4.69, 9.17) is 0 Å². The van der Waals surface area contributed by atoms with Crippen molar-refractivity contribution < 1.29 is 4.79 Å². The Hall–Kier alpha value is -2.67. The molecular formula is C20H12O. The van der Waals surface area contributed by atoms with Gasteiger partial charge in [-0.2, -0.15) is 0 Å². The number of ketones is 1. The van der Waals surface area contributed by atoms with Crippen LogP contribution in [0.5, 0.6) is 0 Å². The predicted octanol–water partition coefficient (Wildman–Crippen LogP) is 4.89. The molecule has 0 saturated carbocycles. The molecule has 0 aliphatic heterocycles. The van der Waals surface area contributed by atoms with E-state index in [9.17, 15) is 4.79 Å². The van der Waals surface area contributed by atoms with Gasteiger partial charge < -0.3 is 0 Å². The van der Waals surface area contributed by atoms with Crippen LogP contribution in [0.4, 0.5) is 0 Å². The molecular weight excluding hydrogens is 256 g/mol. The van der Waals surface area contributed by atoms with Gasteiger partial charge in [-0.05, 0) is 50.0 Å². The normalized spacial score (nSPS) is 13.6. The SMILES string of the molecule is O=C1Cc2c3ccccc3cc3c2c1cc1ccccc13. The second-order valence-corrected chi connectivity index (χ2v) is 5.74. The van der Waals surface area contributed by atoms with E-state index in [1.165, 1.54) is 27.1 Å². The van der Waals surface area contributed by atoms with E-state index in [-0.39, 0.29) is 5.78 Å². The molecule has 0 heterocycles. The topological polar surface area (TPSA) is 17.1 Å². The first-order valence-corrected chi connectivity index (χ1v) is 7.22. The molecule has 0 saturated heterocycles. The summed E-state index contributed by atoms with van der Waals surface area (Å²) in [6, 6.07) is 21.0. The molecule has 0 amide bonds. The van der Waals surface area contributed by atoms with E-state index in [2.05, 4.69) is 48.5 Å². The van der Waals surface area contributed by atoms with Gasteiger partial charge in [0.2, 0.25) is 0 Å². The number of hydrogen-bond donors (Lipinski definition) is 0. The Kier molecular flexibility index (Phi) is 1.95. The van der Waals surface area contributed by atoms with Crippen LogP contribution in [0, 0.1) is 0 Å². The van der Waals surface area contributed by atoms with E-state index in [1.54, 1.807) is 0 Å². The minimum atomic E-state index is 0.247. The molecule has 0 aromatic heterocycles. The summed E-state index contributed by atoms with van der Waals surface area (Å²) in [5.41, 5.74) is 2.10. The first-order chi connectivity index (χ1) is 10.3. The molecule has 1 heteroatoms. The summed E-state index contributed by atoms with van der Waals surface area (Å²) >= 11 is 0.